The molecule has 1 aromatic heterocycles. The zero-order valence-electron chi connectivity index (χ0n) is 13.3. The van der Waals surface area contributed by atoms with Gasteiger partial charge in [-0.1, -0.05) is 6.07 Å². The van der Waals surface area contributed by atoms with E-state index in [1.807, 2.05) is 0 Å². The number of carbonyl (C=O) groups excluding carboxylic acids is 2. The Morgan fingerprint density at radius 2 is 1.62 bits per heavy atom. The van der Waals surface area contributed by atoms with Gasteiger partial charge in [-0.15, -0.1) is 0 Å². The summed E-state index contributed by atoms with van der Waals surface area (Å²) in [6.45, 7) is 1.43. The highest BCUT2D eigenvalue weighted by atomic mass is 19.1. The molecule has 2 N–H and O–H groups in total. The van der Waals surface area contributed by atoms with Gasteiger partial charge in [0.25, 0.3) is 5.91 Å². The summed E-state index contributed by atoms with van der Waals surface area (Å²) in [5.41, 5.74) is 2.24. The average molecular weight is 325 g/mol. The van der Waals surface area contributed by atoms with E-state index in [2.05, 4.69) is 10.6 Å². The van der Waals surface area contributed by atoms with E-state index in [9.17, 15) is 14.0 Å². The lowest BCUT2D eigenvalue weighted by molar-refractivity contribution is -0.114. The molecule has 0 aliphatic rings. The van der Waals surface area contributed by atoms with Crippen LogP contribution in [0.1, 0.15) is 17.4 Å². The molecule has 2 amide bonds. The number of carbonyl (C=O) groups is 2. The summed E-state index contributed by atoms with van der Waals surface area (Å²) >= 11 is 0. The van der Waals surface area contributed by atoms with Gasteiger partial charge in [-0.2, -0.15) is 0 Å². The van der Waals surface area contributed by atoms with E-state index < -0.39 is 0 Å². The summed E-state index contributed by atoms with van der Waals surface area (Å²) in [5.74, 6) is -0.855. The number of hydrogen-bond acceptors (Lipinski definition) is 2. The first-order chi connectivity index (χ1) is 11.5. The molecule has 24 heavy (non-hydrogen) atoms. The number of nitrogens with one attached hydrogen (secondary N) is 2. The molecule has 0 atom stereocenters. The van der Waals surface area contributed by atoms with Gasteiger partial charge in [0.15, 0.2) is 0 Å². The number of aryl methyl sites for hydroxylation is 1. The highest BCUT2D eigenvalue weighted by Gasteiger charge is 2.15. The maximum Gasteiger partial charge on any atom is 0.272 e. The SMILES string of the molecule is CC(=O)Nc1ccc(NC(=O)c2cc3c(F)cccc3n2C)cc1. The Kier molecular flexibility index (Phi) is 4.04. The molecule has 0 fully saturated rings. The predicted octanol–water partition coefficient (Wildman–Crippen LogP) is 3.53. The largest absolute Gasteiger partial charge is 0.340 e. The summed E-state index contributed by atoms with van der Waals surface area (Å²) in [4.78, 5) is 23.5. The average Bonchev–Trinajstić information content (AvgIpc) is 2.88. The number of fused-ring (bicyclic) bond motifs is 1. The second-order valence-corrected chi connectivity index (χ2v) is 5.47. The number of amides is 2. The summed E-state index contributed by atoms with van der Waals surface area (Å²) in [6.07, 6.45) is 0. The number of hydrogen-bond donors (Lipinski definition) is 2. The molecule has 0 saturated heterocycles. The van der Waals surface area contributed by atoms with Gasteiger partial charge in [0.2, 0.25) is 5.91 Å². The van der Waals surface area contributed by atoms with Gasteiger partial charge in [-0.3, -0.25) is 9.59 Å². The van der Waals surface area contributed by atoms with Crippen molar-refractivity contribution in [2.45, 2.75) is 6.92 Å². The number of anilines is 2. The van der Waals surface area contributed by atoms with Crippen LogP contribution < -0.4 is 10.6 Å². The van der Waals surface area contributed by atoms with Gasteiger partial charge in [0.1, 0.15) is 11.5 Å². The van der Waals surface area contributed by atoms with E-state index in [1.54, 1.807) is 48.0 Å². The lowest BCUT2D eigenvalue weighted by Crippen LogP contribution is -2.15. The van der Waals surface area contributed by atoms with Gasteiger partial charge in [-0.25, -0.2) is 4.39 Å². The molecule has 0 spiro atoms. The maximum atomic E-state index is 13.8. The van der Waals surface area contributed by atoms with Crippen molar-refractivity contribution >= 4 is 34.1 Å². The van der Waals surface area contributed by atoms with Crippen LogP contribution >= 0.6 is 0 Å². The summed E-state index contributed by atoms with van der Waals surface area (Å²) in [5, 5.41) is 5.83. The fraction of sp³-hybridized carbons (Fsp3) is 0.111. The van der Waals surface area contributed by atoms with Crippen molar-refractivity contribution in [2.75, 3.05) is 10.6 Å². The molecular weight excluding hydrogens is 309 g/mol. The third-order valence-electron chi connectivity index (χ3n) is 3.73. The van der Waals surface area contributed by atoms with Crippen LogP contribution in [-0.4, -0.2) is 16.4 Å². The molecule has 0 aliphatic carbocycles. The Bertz CT molecular complexity index is 929. The Morgan fingerprint density at radius 1 is 1.00 bits per heavy atom. The molecule has 0 unspecified atom stereocenters. The maximum absolute atomic E-state index is 13.8. The fourth-order valence-corrected chi connectivity index (χ4v) is 2.58. The lowest BCUT2D eigenvalue weighted by atomic mass is 10.2. The summed E-state index contributed by atoms with van der Waals surface area (Å²) in [6, 6.07) is 13.0. The Labute approximate surface area is 138 Å². The molecule has 6 heteroatoms. The van der Waals surface area contributed by atoms with Crippen molar-refractivity contribution in [3.8, 4) is 0 Å². The van der Waals surface area contributed by atoms with Gasteiger partial charge in [-0.05, 0) is 42.5 Å². The highest BCUT2D eigenvalue weighted by molar-refractivity contribution is 6.06. The smallest absolute Gasteiger partial charge is 0.272 e. The molecule has 2 aromatic carbocycles. The van der Waals surface area contributed by atoms with Crippen LogP contribution in [0.25, 0.3) is 10.9 Å². The molecule has 3 rings (SSSR count). The predicted molar refractivity (Wildman–Crippen MR) is 91.6 cm³/mol. The molecule has 0 aliphatic heterocycles. The van der Waals surface area contributed by atoms with Gasteiger partial charge in [0.05, 0.1) is 5.52 Å². The highest BCUT2D eigenvalue weighted by Crippen LogP contribution is 2.22. The fourth-order valence-electron chi connectivity index (χ4n) is 2.58. The van der Waals surface area contributed by atoms with E-state index in [1.165, 1.54) is 19.1 Å². The van der Waals surface area contributed by atoms with Crippen LogP contribution in [0.4, 0.5) is 15.8 Å². The molecule has 0 bridgehead atoms. The molecule has 122 valence electrons. The normalized spacial score (nSPS) is 10.6. The van der Waals surface area contributed by atoms with Gasteiger partial charge in [0, 0.05) is 30.7 Å². The topological polar surface area (TPSA) is 63.1 Å². The van der Waals surface area contributed by atoms with Crippen LogP contribution in [-0.2, 0) is 11.8 Å². The zero-order valence-corrected chi connectivity index (χ0v) is 13.3. The number of aromatic nitrogens is 1. The summed E-state index contributed by atoms with van der Waals surface area (Å²) < 4.78 is 15.5. The summed E-state index contributed by atoms with van der Waals surface area (Å²) in [7, 11) is 1.72. The van der Waals surface area contributed by atoms with Gasteiger partial charge < -0.3 is 15.2 Å². The van der Waals surface area contributed by atoms with Crippen LogP contribution in [0.2, 0.25) is 0 Å². The number of rotatable bonds is 3. The van der Waals surface area contributed by atoms with E-state index in [0.29, 0.717) is 28.0 Å². The minimum atomic E-state index is -0.359. The molecule has 3 aromatic rings. The third-order valence-corrected chi connectivity index (χ3v) is 3.73. The van der Waals surface area contributed by atoms with Crippen LogP contribution in [0.15, 0.2) is 48.5 Å². The first-order valence-corrected chi connectivity index (χ1v) is 7.38. The second kappa shape index (κ2) is 6.16. The number of nitrogens with zero attached hydrogens (tertiary/aromatic N) is 1. The van der Waals surface area contributed by atoms with Crippen molar-refractivity contribution in [2.24, 2.45) is 7.05 Å². The van der Waals surface area contributed by atoms with Crippen LogP contribution in [0.5, 0.6) is 0 Å². The van der Waals surface area contributed by atoms with Gasteiger partial charge >= 0.3 is 0 Å². The van der Waals surface area contributed by atoms with Crippen LogP contribution in [0.3, 0.4) is 0 Å². The molecular formula is C18H16FN3O2. The standard InChI is InChI=1S/C18H16FN3O2/c1-11(23)20-12-6-8-13(9-7-12)21-18(24)17-10-14-15(19)4-3-5-16(14)22(17)2/h3-10H,1-2H3,(H,20,23)(H,21,24). The first-order valence-electron chi connectivity index (χ1n) is 7.38. The minimum Gasteiger partial charge on any atom is -0.340 e. The Hall–Kier alpha value is -3.15. The minimum absolute atomic E-state index is 0.163. The lowest BCUT2D eigenvalue weighted by Gasteiger charge is -2.08. The van der Waals surface area contributed by atoms with Crippen molar-refractivity contribution in [3.63, 3.8) is 0 Å². The molecule has 1 heterocycles. The zero-order chi connectivity index (χ0) is 17.3. The van der Waals surface area contributed by atoms with E-state index in [0.717, 1.165) is 0 Å². The second-order valence-electron chi connectivity index (χ2n) is 5.47. The van der Waals surface area contributed by atoms with E-state index in [4.69, 9.17) is 0 Å². The van der Waals surface area contributed by atoms with E-state index >= 15 is 0 Å². The van der Waals surface area contributed by atoms with E-state index in [-0.39, 0.29) is 17.6 Å². The quantitative estimate of drug-likeness (QED) is 0.774. The first kappa shape index (κ1) is 15.7. The number of halogens is 1. The Morgan fingerprint density at radius 3 is 2.21 bits per heavy atom. The molecule has 0 radical (unpaired) electrons. The van der Waals surface area contributed by atoms with Crippen molar-refractivity contribution in [1.29, 1.82) is 0 Å². The van der Waals surface area contributed by atoms with Crippen molar-refractivity contribution in [1.82, 2.24) is 4.57 Å². The molecule has 0 saturated carbocycles. The monoisotopic (exact) mass is 325 g/mol. The third kappa shape index (κ3) is 2.99. The van der Waals surface area contributed by atoms with Crippen molar-refractivity contribution in [3.05, 3.63) is 60.0 Å². The van der Waals surface area contributed by atoms with Crippen molar-refractivity contribution < 1.29 is 14.0 Å². The van der Waals surface area contributed by atoms with Crippen LogP contribution in [0, 0.1) is 5.82 Å². The number of benzene rings is 2. The molecule has 5 nitrogen and oxygen atoms in total. The Balaban J connectivity index is 1.84.